The summed E-state index contributed by atoms with van der Waals surface area (Å²) < 4.78 is 34.6. The first-order chi connectivity index (χ1) is 10.5. The van der Waals surface area contributed by atoms with E-state index in [1.54, 1.807) is 6.07 Å². The van der Waals surface area contributed by atoms with Gasteiger partial charge in [-0.05, 0) is 59.7 Å². The van der Waals surface area contributed by atoms with Gasteiger partial charge in [0.1, 0.15) is 10.1 Å². The Hall–Kier alpha value is 0.246. The molecule has 0 aliphatic rings. The van der Waals surface area contributed by atoms with E-state index in [0.717, 1.165) is 55.0 Å². The molecule has 0 heterocycles. The van der Waals surface area contributed by atoms with E-state index in [0.29, 0.717) is 5.39 Å². The zero-order valence-electron chi connectivity index (χ0n) is 14.3. The zero-order valence-corrected chi connectivity index (χ0v) is 18.2. The quantitative estimate of drug-likeness (QED) is 0.556. The van der Waals surface area contributed by atoms with E-state index in [4.69, 9.17) is 0 Å². The van der Waals surface area contributed by atoms with Crippen molar-refractivity contribution < 1.29 is 64.4 Å². The van der Waals surface area contributed by atoms with Crippen molar-refractivity contribution >= 4 is 20.9 Å². The minimum Gasteiger partial charge on any atom is -0.744 e. The summed E-state index contributed by atoms with van der Waals surface area (Å²) >= 11 is 0. The SMILES string of the molecule is CCCCc1ccc2c(CCCC)ccc(S(=O)(=O)[O-])c2c1.[K+]. The number of fused-ring (bicyclic) bond motifs is 1. The summed E-state index contributed by atoms with van der Waals surface area (Å²) in [5.74, 6) is 0. The molecule has 0 saturated carbocycles. The molecule has 2 aromatic rings. The molecule has 0 aliphatic heterocycles. The second kappa shape index (κ2) is 9.66. The topological polar surface area (TPSA) is 57.2 Å². The Labute approximate surface area is 182 Å². The van der Waals surface area contributed by atoms with Crippen molar-refractivity contribution in [2.45, 2.75) is 57.3 Å². The largest absolute Gasteiger partial charge is 1.00 e. The summed E-state index contributed by atoms with van der Waals surface area (Å²) in [5.41, 5.74) is 2.21. The molecule has 0 N–H and O–H groups in total. The van der Waals surface area contributed by atoms with Gasteiger partial charge in [-0.1, -0.05) is 44.9 Å². The van der Waals surface area contributed by atoms with Gasteiger partial charge >= 0.3 is 51.4 Å². The van der Waals surface area contributed by atoms with Crippen LogP contribution in [0.25, 0.3) is 10.8 Å². The first kappa shape index (κ1) is 21.3. The molecule has 0 saturated heterocycles. The first-order valence-electron chi connectivity index (χ1n) is 7.97. The Bertz CT molecular complexity index is 754. The van der Waals surface area contributed by atoms with Crippen LogP contribution in [-0.2, 0) is 23.0 Å². The molecule has 0 fully saturated rings. The zero-order chi connectivity index (χ0) is 16.2. The van der Waals surface area contributed by atoms with Crippen molar-refractivity contribution in [1.29, 1.82) is 0 Å². The number of hydrogen-bond donors (Lipinski definition) is 0. The Kier molecular flexibility index (Phi) is 8.94. The molecule has 0 atom stereocenters. The summed E-state index contributed by atoms with van der Waals surface area (Å²) in [5, 5.41) is 1.47. The summed E-state index contributed by atoms with van der Waals surface area (Å²) in [6.45, 7) is 4.25. The van der Waals surface area contributed by atoms with Crippen molar-refractivity contribution in [3.05, 3.63) is 41.5 Å². The third kappa shape index (κ3) is 5.63. The summed E-state index contributed by atoms with van der Waals surface area (Å²) in [7, 11) is -4.45. The van der Waals surface area contributed by atoms with Crippen LogP contribution in [0.3, 0.4) is 0 Å². The monoisotopic (exact) mass is 358 g/mol. The second-order valence-electron chi connectivity index (χ2n) is 5.76. The number of rotatable bonds is 7. The number of benzene rings is 2. The van der Waals surface area contributed by atoms with Crippen LogP contribution in [0, 0.1) is 0 Å². The molecule has 2 rings (SSSR count). The standard InChI is InChI=1S/C18H24O3S.K/c1-3-5-7-14-9-11-16-15(8-6-4-2)10-12-18(17(16)13-14)22(19,20)21;/h9-13H,3-8H2,1-2H3,(H,19,20,21);/q;+1/p-1. The first-order valence-corrected chi connectivity index (χ1v) is 9.38. The van der Waals surface area contributed by atoms with Crippen molar-refractivity contribution in [2.24, 2.45) is 0 Å². The molecule has 0 aliphatic carbocycles. The maximum absolute atomic E-state index is 11.5. The van der Waals surface area contributed by atoms with E-state index >= 15 is 0 Å². The van der Waals surface area contributed by atoms with E-state index < -0.39 is 10.1 Å². The van der Waals surface area contributed by atoms with Crippen molar-refractivity contribution in [2.75, 3.05) is 0 Å². The average Bonchev–Trinajstić information content (AvgIpc) is 2.49. The van der Waals surface area contributed by atoms with Gasteiger partial charge in [-0.25, -0.2) is 8.42 Å². The molecule has 2 aromatic carbocycles. The molecular weight excluding hydrogens is 335 g/mol. The van der Waals surface area contributed by atoms with Crippen LogP contribution in [-0.4, -0.2) is 13.0 Å². The Morgan fingerprint density at radius 2 is 1.57 bits per heavy atom. The molecule has 0 bridgehead atoms. The van der Waals surface area contributed by atoms with E-state index in [-0.39, 0.29) is 56.3 Å². The fraction of sp³-hybridized carbons (Fsp3) is 0.444. The van der Waals surface area contributed by atoms with Crippen LogP contribution in [0.15, 0.2) is 35.2 Å². The van der Waals surface area contributed by atoms with Crippen LogP contribution in [0.2, 0.25) is 0 Å². The van der Waals surface area contributed by atoms with Crippen molar-refractivity contribution in [3.8, 4) is 0 Å². The van der Waals surface area contributed by atoms with Crippen LogP contribution < -0.4 is 51.4 Å². The van der Waals surface area contributed by atoms with E-state index in [1.165, 1.54) is 6.07 Å². The molecule has 120 valence electrons. The molecule has 0 amide bonds. The van der Waals surface area contributed by atoms with E-state index in [2.05, 4.69) is 19.9 Å². The smallest absolute Gasteiger partial charge is 0.744 e. The second-order valence-corrected chi connectivity index (χ2v) is 7.11. The van der Waals surface area contributed by atoms with Crippen LogP contribution in [0.1, 0.15) is 50.7 Å². The minimum atomic E-state index is -4.45. The molecule has 3 nitrogen and oxygen atoms in total. The van der Waals surface area contributed by atoms with E-state index in [9.17, 15) is 13.0 Å². The van der Waals surface area contributed by atoms with Gasteiger partial charge in [-0.3, -0.25) is 0 Å². The molecule has 0 radical (unpaired) electrons. The minimum absolute atomic E-state index is 0. The van der Waals surface area contributed by atoms with Gasteiger partial charge < -0.3 is 4.55 Å². The number of unbranched alkanes of at least 4 members (excludes halogenated alkanes) is 2. The third-order valence-corrected chi connectivity index (χ3v) is 4.91. The van der Waals surface area contributed by atoms with Gasteiger partial charge in [-0.15, -0.1) is 0 Å². The predicted molar refractivity (Wildman–Crippen MR) is 89.1 cm³/mol. The molecule has 23 heavy (non-hydrogen) atoms. The maximum Gasteiger partial charge on any atom is 1.00 e. The van der Waals surface area contributed by atoms with Crippen LogP contribution >= 0.6 is 0 Å². The molecular formula is C18H23KO3S. The Morgan fingerprint density at radius 1 is 0.913 bits per heavy atom. The summed E-state index contributed by atoms with van der Waals surface area (Å²) in [6.07, 6.45) is 6.08. The maximum atomic E-state index is 11.5. The summed E-state index contributed by atoms with van der Waals surface area (Å²) in [4.78, 5) is -0.0962. The van der Waals surface area contributed by atoms with Crippen molar-refractivity contribution in [3.63, 3.8) is 0 Å². The van der Waals surface area contributed by atoms with Crippen LogP contribution in [0.5, 0.6) is 0 Å². The normalized spacial score (nSPS) is 11.4. The molecule has 5 heteroatoms. The van der Waals surface area contributed by atoms with Crippen molar-refractivity contribution in [1.82, 2.24) is 0 Å². The molecule has 0 aromatic heterocycles. The Morgan fingerprint density at radius 3 is 2.17 bits per heavy atom. The molecule has 0 unspecified atom stereocenters. The number of aryl methyl sites for hydroxylation is 2. The third-order valence-electron chi connectivity index (χ3n) is 4.02. The predicted octanol–water partition coefficient (Wildman–Crippen LogP) is 1.43. The summed E-state index contributed by atoms with van der Waals surface area (Å²) in [6, 6.07) is 9.16. The fourth-order valence-corrected chi connectivity index (χ4v) is 3.44. The van der Waals surface area contributed by atoms with Gasteiger partial charge in [0.25, 0.3) is 0 Å². The van der Waals surface area contributed by atoms with Gasteiger partial charge in [0.2, 0.25) is 0 Å². The van der Waals surface area contributed by atoms with E-state index in [1.807, 2.05) is 12.1 Å². The van der Waals surface area contributed by atoms with Gasteiger partial charge in [0.05, 0.1) is 4.90 Å². The van der Waals surface area contributed by atoms with Gasteiger partial charge in [0, 0.05) is 0 Å². The van der Waals surface area contributed by atoms with Gasteiger partial charge in [-0.2, -0.15) is 0 Å². The molecule has 0 spiro atoms. The fourth-order valence-electron chi connectivity index (χ4n) is 2.77. The van der Waals surface area contributed by atoms with Crippen LogP contribution in [0.4, 0.5) is 0 Å². The van der Waals surface area contributed by atoms with Gasteiger partial charge in [0.15, 0.2) is 0 Å². The average molecular weight is 359 g/mol. The Balaban J connectivity index is 0.00000264. The number of hydrogen-bond acceptors (Lipinski definition) is 3.